The third-order valence-corrected chi connectivity index (χ3v) is 3.60. The molecule has 0 radical (unpaired) electrons. The van der Waals surface area contributed by atoms with E-state index in [-0.39, 0.29) is 18.0 Å². The molecule has 0 fully saturated rings. The molecule has 18 heavy (non-hydrogen) atoms. The van der Waals surface area contributed by atoms with Crippen LogP contribution < -0.4 is 11.3 Å². The summed E-state index contributed by atoms with van der Waals surface area (Å²) < 4.78 is 30.5. The number of aromatic nitrogens is 2. The molecule has 1 unspecified atom stereocenters. The molecule has 2 rings (SSSR count). The molecular formula is C11H12F2N4S. The zero-order valence-corrected chi connectivity index (χ0v) is 10.5. The molecule has 0 spiro atoms. The smallest absolute Gasteiger partial charge is 0.162 e. The van der Waals surface area contributed by atoms with Crippen molar-refractivity contribution in [3.8, 4) is 0 Å². The van der Waals surface area contributed by atoms with Crippen LogP contribution in [0.3, 0.4) is 0 Å². The van der Waals surface area contributed by atoms with Gasteiger partial charge in [-0.2, -0.15) is 0 Å². The summed E-state index contributed by atoms with van der Waals surface area (Å²) in [6.45, 7) is 1.80. The summed E-state index contributed by atoms with van der Waals surface area (Å²) in [6.07, 6.45) is 0.241. The van der Waals surface area contributed by atoms with E-state index in [1.807, 2.05) is 0 Å². The predicted octanol–water partition coefficient (Wildman–Crippen LogP) is 1.87. The molecule has 1 heterocycles. The standard InChI is InChI=1S/C11H12F2N4S/c1-6-11(18-17-16-6)9(15-14)5-7-3-2-4-8(12)10(7)13/h2-4,9,15H,5,14H2,1H3. The van der Waals surface area contributed by atoms with E-state index >= 15 is 0 Å². The molecule has 1 aromatic carbocycles. The molecule has 4 nitrogen and oxygen atoms in total. The van der Waals surface area contributed by atoms with Crippen molar-refractivity contribution < 1.29 is 8.78 Å². The number of benzene rings is 1. The Labute approximate surface area is 107 Å². The molecule has 0 saturated heterocycles. The molecule has 1 aromatic heterocycles. The molecule has 1 atom stereocenters. The number of nitrogens with zero attached hydrogens (tertiary/aromatic N) is 2. The summed E-state index contributed by atoms with van der Waals surface area (Å²) in [4.78, 5) is 0.821. The van der Waals surface area contributed by atoms with Crippen molar-refractivity contribution in [2.45, 2.75) is 19.4 Å². The summed E-state index contributed by atoms with van der Waals surface area (Å²) in [5.41, 5.74) is 3.59. The highest BCUT2D eigenvalue weighted by molar-refractivity contribution is 7.05. The monoisotopic (exact) mass is 270 g/mol. The molecule has 0 saturated carbocycles. The van der Waals surface area contributed by atoms with Gasteiger partial charge in [-0.25, -0.2) is 8.78 Å². The van der Waals surface area contributed by atoms with Gasteiger partial charge in [0.15, 0.2) is 11.6 Å². The highest BCUT2D eigenvalue weighted by atomic mass is 32.1. The van der Waals surface area contributed by atoms with Crippen molar-refractivity contribution in [2.75, 3.05) is 0 Å². The molecule has 7 heteroatoms. The number of hydrogen-bond donors (Lipinski definition) is 2. The maximum Gasteiger partial charge on any atom is 0.162 e. The average molecular weight is 270 g/mol. The number of rotatable bonds is 4. The number of hydrazine groups is 1. The first-order chi connectivity index (χ1) is 8.63. The molecule has 0 bridgehead atoms. The van der Waals surface area contributed by atoms with Crippen LogP contribution >= 0.6 is 11.5 Å². The first kappa shape index (κ1) is 13.0. The third kappa shape index (κ3) is 2.53. The fraction of sp³-hybridized carbons (Fsp3) is 0.273. The minimum atomic E-state index is -0.859. The van der Waals surface area contributed by atoms with E-state index in [1.54, 1.807) is 6.92 Å². The number of halogens is 2. The van der Waals surface area contributed by atoms with E-state index in [4.69, 9.17) is 5.84 Å². The van der Waals surface area contributed by atoms with Gasteiger partial charge in [0.2, 0.25) is 0 Å². The minimum absolute atomic E-state index is 0.241. The molecule has 3 N–H and O–H groups in total. The summed E-state index contributed by atoms with van der Waals surface area (Å²) in [7, 11) is 0. The van der Waals surface area contributed by atoms with Crippen LogP contribution in [0.5, 0.6) is 0 Å². The topological polar surface area (TPSA) is 63.8 Å². The molecule has 96 valence electrons. The van der Waals surface area contributed by atoms with E-state index in [2.05, 4.69) is 15.0 Å². The summed E-state index contributed by atoms with van der Waals surface area (Å²) in [5, 5.41) is 3.87. The normalized spacial score (nSPS) is 12.7. The van der Waals surface area contributed by atoms with Gasteiger partial charge in [-0.15, -0.1) is 5.10 Å². The second-order valence-corrected chi connectivity index (χ2v) is 4.64. The zero-order valence-electron chi connectivity index (χ0n) is 9.65. The Kier molecular flexibility index (Phi) is 3.95. The lowest BCUT2D eigenvalue weighted by Crippen LogP contribution is -2.29. The van der Waals surface area contributed by atoms with Crippen molar-refractivity contribution >= 4 is 11.5 Å². The van der Waals surface area contributed by atoms with Crippen molar-refractivity contribution in [3.05, 3.63) is 46.0 Å². The fourth-order valence-electron chi connectivity index (χ4n) is 1.71. The Hall–Kier alpha value is -1.44. The van der Waals surface area contributed by atoms with Crippen LogP contribution in [0.1, 0.15) is 22.2 Å². The van der Waals surface area contributed by atoms with Crippen molar-refractivity contribution in [2.24, 2.45) is 5.84 Å². The second-order valence-electron chi connectivity index (χ2n) is 3.86. The van der Waals surface area contributed by atoms with Crippen LogP contribution in [-0.2, 0) is 6.42 Å². The largest absolute Gasteiger partial charge is 0.271 e. The summed E-state index contributed by atoms with van der Waals surface area (Å²) in [5.74, 6) is 3.75. The SMILES string of the molecule is Cc1nnsc1C(Cc1cccc(F)c1F)NN. The highest BCUT2D eigenvalue weighted by Gasteiger charge is 2.19. The van der Waals surface area contributed by atoms with Gasteiger partial charge in [-0.3, -0.25) is 11.3 Å². The lowest BCUT2D eigenvalue weighted by atomic mass is 10.0. The van der Waals surface area contributed by atoms with E-state index in [0.717, 1.165) is 16.6 Å². The van der Waals surface area contributed by atoms with E-state index in [0.29, 0.717) is 0 Å². The van der Waals surface area contributed by atoms with Crippen molar-refractivity contribution in [1.82, 2.24) is 15.0 Å². The number of hydrogen-bond acceptors (Lipinski definition) is 5. The van der Waals surface area contributed by atoms with Crippen LogP contribution in [0.25, 0.3) is 0 Å². The van der Waals surface area contributed by atoms with Crippen LogP contribution in [0, 0.1) is 18.6 Å². The molecule has 2 aromatic rings. The first-order valence-electron chi connectivity index (χ1n) is 5.31. The van der Waals surface area contributed by atoms with Gasteiger partial charge < -0.3 is 0 Å². The molecule has 0 aliphatic heterocycles. The Balaban J connectivity index is 2.26. The minimum Gasteiger partial charge on any atom is -0.271 e. The molecular weight excluding hydrogens is 258 g/mol. The first-order valence-corrected chi connectivity index (χ1v) is 6.08. The van der Waals surface area contributed by atoms with Gasteiger partial charge in [0.1, 0.15) is 0 Å². The molecule has 0 aliphatic carbocycles. The Morgan fingerprint density at radius 3 is 2.83 bits per heavy atom. The zero-order chi connectivity index (χ0) is 13.1. The average Bonchev–Trinajstić information content (AvgIpc) is 2.77. The summed E-state index contributed by atoms with van der Waals surface area (Å²) >= 11 is 1.19. The van der Waals surface area contributed by atoms with E-state index in [9.17, 15) is 8.78 Å². The van der Waals surface area contributed by atoms with Gasteiger partial charge in [-0.05, 0) is 36.5 Å². The van der Waals surface area contributed by atoms with E-state index in [1.165, 1.54) is 23.7 Å². The van der Waals surface area contributed by atoms with Crippen LogP contribution in [0.2, 0.25) is 0 Å². The lowest BCUT2D eigenvalue weighted by molar-refractivity contribution is 0.482. The maximum atomic E-state index is 13.6. The number of aryl methyl sites for hydroxylation is 1. The number of nitrogens with one attached hydrogen (secondary N) is 1. The van der Waals surface area contributed by atoms with E-state index < -0.39 is 11.6 Å². The lowest BCUT2D eigenvalue weighted by Gasteiger charge is -2.14. The van der Waals surface area contributed by atoms with Gasteiger partial charge in [-0.1, -0.05) is 16.6 Å². The summed E-state index contributed by atoms with van der Waals surface area (Å²) in [6, 6.07) is 3.76. The predicted molar refractivity (Wildman–Crippen MR) is 64.8 cm³/mol. The Morgan fingerprint density at radius 1 is 1.44 bits per heavy atom. The van der Waals surface area contributed by atoms with Crippen LogP contribution in [0.4, 0.5) is 8.78 Å². The maximum absolute atomic E-state index is 13.6. The van der Waals surface area contributed by atoms with Gasteiger partial charge in [0.25, 0.3) is 0 Å². The Morgan fingerprint density at radius 2 is 2.22 bits per heavy atom. The third-order valence-electron chi connectivity index (χ3n) is 2.66. The second kappa shape index (κ2) is 5.47. The van der Waals surface area contributed by atoms with Gasteiger partial charge >= 0.3 is 0 Å². The number of nitrogens with two attached hydrogens (primary N) is 1. The quantitative estimate of drug-likeness (QED) is 0.657. The van der Waals surface area contributed by atoms with Gasteiger partial charge in [0.05, 0.1) is 16.6 Å². The van der Waals surface area contributed by atoms with Crippen LogP contribution in [0.15, 0.2) is 18.2 Å². The van der Waals surface area contributed by atoms with Crippen molar-refractivity contribution in [1.29, 1.82) is 0 Å². The van der Waals surface area contributed by atoms with Gasteiger partial charge in [0, 0.05) is 0 Å². The van der Waals surface area contributed by atoms with Crippen LogP contribution in [-0.4, -0.2) is 9.59 Å². The Bertz CT molecular complexity index is 544. The fourth-order valence-corrected chi connectivity index (χ4v) is 2.41. The molecule has 0 amide bonds. The molecule has 0 aliphatic rings. The van der Waals surface area contributed by atoms with Crippen molar-refractivity contribution in [3.63, 3.8) is 0 Å². The highest BCUT2D eigenvalue weighted by Crippen LogP contribution is 2.24.